The average molecular weight is 467 g/mol. The van der Waals surface area contributed by atoms with Crippen molar-refractivity contribution in [1.29, 1.82) is 0 Å². The molecule has 0 amide bonds. The van der Waals surface area contributed by atoms with Crippen LogP contribution >= 0.6 is 24.0 Å². The topological polar surface area (TPSA) is 85.1 Å². The maximum atomic E-state index is 11.6. The molecule has 0 unspecified atom stereocenters. The standard InChI is InChI=1S/C17H29N3O4.HI/c1-12(2)6-8-23-9-7-19-17(18-4)20-11-14-10-15(13(3)24-14)16(21)22-5;/h10,12H,6-9,11H2,1-5H3,(H2,18,19,20);1H. The van der Waals surface area contributed by atoms with Crippen LogP contribution in [-0.2, 0) is 16.0 Å². The fourth-order valence-corrected chi connectivity index (χ4v) is 2.00. The molecule has 0 aliphatic heterocycles. The summed E-state index contributed by atoms with van der Waals surface area (Å²) in [6.07, 6.45) is 1.06. The zero-order valence-electron chi connectivity index (χ0n) is 15.7. The first-order valence-electron chi connectivity index (χ1n) is 8.17. The maximum Gasteiger partial charge on any atom is 0.341 e. The molecule has 2 N–H and O–H groups in total. The molecule has 0 aromatic carbocycles. The summed E-state index contributed by atoms with van der Waals surface area (Å²) in [6, 6.07) is 1.68. The maximum absolute atomic E-state index is 11.6. The molecule has 1 aromatic rings. The lowest BCUT2D eigenvalue weighted by Crippen LogP contribution is -2.38. The molecule has 0 spiro atoms. The quantitative estimate of drug-likeness (QED) is 0.191. The fourth-order valence-electron chi connectivity index (χ4n) is 2.00. The lowest BCUT2D eigenvalue weighted by atomic mass is 10.1. The minimum atomic E-state index is -0.399. The monoisotopic (exact) mass is 467 g/mol. The van der Waals surface area contributed by atoms with Crippen molar-refractivity contribution in [2.45, 2.75) is 33.7 Å². The van der Waals surface area contributed by atoms with Crippen molar-refractivity contribution in [3.63, 3.8) is 0 Å². The molecule has 7 nitrogen and oxygen atoms in total. The summed E-state index contributed by atoms with van der Waals surface area (Å²) in [5.74, 6) is 2.09. The predicted octanol–water partition coefficient (Wildman–Crippen LogP) is 2.72. The SMILES string of the molecule is CN=C(NCCOCCC(C)C)NCc1cc(C(=O)OC)c(C)o1.I. The van der Waals surface area contributed by atoms with Gasteiger partial charge >= 0.3 is 5.97 Å². The van der Waals surface area contributed by atoms with Crippen LogP contribution in [0.4, 0.5) is 0 Å². The number of methoxy groups -OCH3 is 1. The van der Waals surface area contributed by atoms with Crippen molar-refractivity contribution >= 4 is 35.9 Å². The summed E-state index contributed by atoms with van der Waals surface area (Å²) >= 11 is 0. The van der Waals surface area contributed by atoms with E-state index in [1.54, 1.807) is 20.0 Å². The highest BCUT2D eigenvalue weighted by atomic mass is 127. The van der Waals surface area contributed by atoms with Crippen molar-refractivity contribution in [2.24, 2.45) is 10.9 Å². The van der Waals surface area contributed by atoms with E-state index < -0.39 is 5.97 Å². The van der Waals surface area contributed by atoms with E-state index in [0.717, 1.165) is 13.0 Å². The van der Waals surface area contributed by atoms with E-state index in [9.17, 15) is 4.79 Å². The van der Waals surface area contributed by atoms with Crippen LogP contribution in [-0.4, -0.2) is 45.8 Å². The van der Waals surface area contributed by atoms with E-state index in [1.165, 1.54) is 7.11 Å². The average Bonchev–Trinajstić information content (AvgIpc) is 2.93. The normalized spacial score (nSPS) is 11.2. The Balaban J connectivity index is 0.00000576. The highest BCUT2D eigenvalue weighted by molar-refractivity contribution is 14.0. The molecule has 1 heterocycles. The van der Waals surface area contributed by atoms with Gasteiger partial charge in [0.05, 0.1) is 20.3 Å². The molecule has 0 saturated carbocycles. The molecule has 0 atom stereocenters. The lowest BCUT2D eigenvalue weighted by molar-refractivity contribution is 0.0599. The van der Waals surface area contributed by atoms with Gasteiger partial charge in [-0.25, -0.2) is 4.79 Å². The zero-order valence-corrected chi connectivity index (χ0v) is 18.0. The molecular formula is C17H30IN3O4. The number of ether oxygens (including phenoxy) is 2. The molecule has 1 aromatic heterocycles. The van der Waals surface area contributed by atoms with Gasteiger partial charge in [0.25, 0.3) is 0 Å². The molecule has 0 radical (unpaired) electrons. The minimum absolute atomic E-state index is 0. The Morgan fingerprint density at radius 2 is 2.04 bits per heavy atom. The van der Waals surface area contributed by atoms with Gasteiger partial charge in [0.1, 0.15) is 17.1 Å². The highest BCUT2D eigenvalue weighted by Gasteiger charge is 2.15. The number of halogens is 1. The molecule has 0 bridgehead atoms. The van der Waals surface area contributed by atoms with Crippen LogP contribution < -0.4 is 10.6 Å². The number of hydrogen-bond donors (Lipinski definition) is 2. The molecule has 0 aliphatic rings. The second-order valence-corrected chi connectivity index (χ2v) is 5.82. The van der Waals surface area contributed by atoms with Crippen LogP contribution in [0.5, 0.6) is 0 Å². The van der Waals surface area contributed by atoms with Gasteiger partial charge in [0.15, 0.2) is 5.96 Å². The van der Waals surface area contributed by atoms with Gasteiger partial charge in [-0.2, -0.15) is 0 Å². The number of esters is 1. The first kappa shape index (κ1) is 23.7. The van der Waals surface area contributed by atoms with E-state index >= 15 is 0 Å². The Morgan fingerprint density at radius 3 is 2.64 bits per heavy atom. The van der Waals surface area contributed by atoms with Crippen LogP contribution in [0.15, 0.2) is 15.5 Å². The number of hydrogen-bond acceptors (Lipinski definition) is 5. The number of carbonyl (C=O) groups is 1. The number of aryl methyl sites for hydroxylation is 1. The van der Waals surface area contributed by atoms with E-state index in [0.29, 0.717) is 48.7 Å². The fraction of sp³-hybridized carbons (Fsp3) is 0.647. The molecular weight excluding hydrogens is 437 g/mol. The summed E-state index contributed by atoms with van der Waals surface area (Å²) < 4.78 is 15.8. The number of nitrogens with zero attached hydrogens (tertiary/aromatic N) is 1. The number of nitrogens with one attached hydrogen (secondary N) is 2. The third-order valence-electron chi connectivity index (χ3n) is 3.41. The Kier molecular flexibility index (Phi) is 12.3. The second kappa shape index (κ2) is 13.0. The number of guanidine groups is 1. The highest BCUT2D eigenvalue weighted by Crippen LogP contribution is 2.15. The Labute approximate surface area is 166 Å². The van der Waals surface area contributed by atoms with E-state index in [4.69, 9.17) is 13.9 Å². The summed E-state index contributed by atoms with van der Waals surface area (Å²) in [6.45, 7) is 8.57. The third kappa shape index (κ3) is 9.10. The third-order valence-corrected chi connectivity index (χ3v) is 3.41. The van der Waals surface area contributed by atoms with Crippen molar-refractivity contribution in [2.75, 3.05) is 33.9 Å². The van der Waals surface area contributed by atoms with Gasteiger partial charge in [-0.05, 0) is 25.3 Å². The number of furan rings is 1. The van der Waals surface area contributed by atoms with Crippen molar-refractivity contribution in [1.82, 2.24) is 10.6 Å². The lowest BCUT2D eigenvalue weighted by Gasteiger charge is -2.11. The minimum Gasteiger partial charge on any atom is -0.465 e. The van der Waals surface area contributed by atoms with Gasteiger partial charge in [-0.15, -0.1) is 24.0 Å². The Hall–Kier alpha value is -1.29. The molecule has 0 fully saturated rings. The molecule has 8 heteroatoms. The van der Waals surface area contributed by atoms with Gasteiger partial charge in [-0.1, -0.05) is 13.8 Å². The Morgan fingerprint density at radius 1 is 1.32 bits per heavy atom. The number of aliphatic imine (C=N–C) groups is 1. The van der Waals surface area contributed by atoms with E-state index in [1.807, 2.05) is 0 Å². The summed E-state index contributed by atoms with van der Waals surface area (Å²) in [5.41, 5.74) is 0.441. The molecule has 25 heavy (non-hydrogen) atoms. The van der Waals surface area contributed by atoms with Gasteiger partial charge in [0, 0.05) is 20.2 Å². The van der Waals surface area contributed by atoms with E-state index in [2.05, 4.69) is 29.5 Å². The van der Waals surface area contributed by atoms with Crippen LogP contribution in [0.2, 0.25) is 0 Å². The van der Waals surface area contributed by atoms with Crippen molar-refractivity contribution < 1.29 is 18.7 Å². The molecule has 1 rings (SSSR count). The zero-order chi connectivity index (χ0) is 17.9. The van der Waals surface area contributed by atoms with Gasteiger partial charge in [0.2, 0.25) is 0 Å². The van der Waals surface area contributed by atoms with Crippen LogP contribution in [0.25, 0.3) is 0 Å². The smallest absolute Gasteiger partial charge is 0.341 e. The van der Waals surface area contributed by atoms with Crippen LogP contribution in [0.3, 0.4) is 0 Å². The molecule has 0 saturated heterocycles. The second-order valence-electron chi connectivity index (χ2n) is 5.82. The summed E-state index contributed by atoms with van der Waals surface area (Å²) in [5, 5.41) is 6.29. The van der Waals surface area contributed by atoms with Crippen molar-refractivity contribution in [3.8, 4) is 0 Å². The number of rotatable bonds is 9. The van der Waals surface area contributed by atoms with E-state index in [-0.39, 0.29) is 24.0 Å². The molecule has 144 valence electrons. The van der Waals surface area contributed by atoms with Crippen LogP contribution in [0.1, 0.15) is 42.1 Å². The first-order valence-corrected chi connectivity index (χ1v) is 8.17. The first-order chi connectivity index (χ1) is 11.5. The Bertz CT molecular complexity index is 544. The molecule has 0 aliphatic carbocycles. The van der Waals surface area contributed by atoms with Gasteiger partial charge in [-0.3, -0.25) is 4.99 Å². The summed E-state index contributed by atoms with van der Waals surface area (Å²) in [4.78, 5) is 15.7. The van der Waals surface area contributed by atoms with Gasteiger partial charge < -0.3 is 24.5 Å². The van der Waals surface area contributed by atoms with Crippen molar-refractivity contribution in [3.05, 3.63) is 23.2 Å². The largest absolute Gasteiger partial charge is 0.465 e. The number of carbonyl (C=O) groups excluding carboxylic acids is 1. The van der Waals surface area contributed by atoms with Crippen LogP contribution in [0, 0.1) is 12.8 Å². The predicted molar refractivity (Wildman–Crippen MR) is 109 cm³/mol. The summed E-state index contributed by atoms with van der Waals surface area (Å²) in [7, 11) is 3.05.